The summed E-state index contributed by atoms with van der Waals surface area (Å²) in [5.41, 5.74) is 0.423. The highest BCUT2D eigenvalue weighted by molar-refractivity contribution is 5.95. The van der Waals surface area contributed by atoms with Crippen LogP contribution in [-0.2, 0) is 4.79 Å². The highest BCUT2D eigenvalue weighted by Crippen LogP contribution is 2.24. The topological polar surface area (TPSA) is 61.8 Å². The lowest BCUT2D eigenvalue weighted by molar-refractivity contribution is -0.208. The average molecular weight is 320 g/mol. The summed E-state index contributed by atoms with van der Waals surface area (Å²) in [5, 5.41) is 11.6. The minimum atomic E-state index is -4.72. The number of alkyl halides is 3. The van der Waals surface area contributed by atoms with Crippen LogP contribution in [0.25, 0.3) is 0 Å². The van der Waals surface area contributed by atoms with Gasteiger partial charge in [-0.25, -0.2) is 0 Å². The minimum Gasteiger partial charge on any atom is -0.495 e. The number of carbonyl (C=O) groups is 1. The first-order chi connectivity index (χ1) is 10.2. The van der Waals surface area contributed by atoms with Crippen LogP contribution in [0.3, 0.4) is 0 Å². The third kappa shape index (κ3) is 4.88. The zero-order valence-electron chi connectivity index (χ0n) is 12.5. The minimum absolute atomic E-state index is 0.423. The lowest BCUT2D eigenvalue weighted by Gasteiger charge is -2.27. The van der Waals surface area contributed by atoms with Crippen molar-refractivity contribution in [2.75, 3.05) is 26.0 Å². The SMILES string of the molecule is COc1ccccc1NC(=O)C(C)N(C)CC(O)C(F)(F)F. The number of anilines is 1. The van der Waals surface area contributed by atoms with Gasteiger partial charge in [-0.2, -0.15) is 13.2 Å². The molecule has 5 nitrogen and oxygen atoms in total. The van der Waals surface area contributed by atoms with E-state index in [1.807, 2.05) is 0 Å². The zero-order chi connectivity index (χ0) is 16.9. The number of hydrogen-bond acceptors (Lipinski definition) is 4. The van der Waals surface area contributed by atoms with Crippen molar-refractivity contribution in [2.24, 2.45) is 0 Å². The molecule has 1 amide bonds. The molecule has 1 aromatic rings. The van der Waals surface area contributed by atoms with E-state index in [4.69, 9.17) is 9.84 Å². The van der Waals surface area contributed by atoms with Gasteiger partial charge in [0, 0.05) is 6.54 Å². The van der Waals surface area contributed by atoms with E-state index in [0.717, 1.165) is 4.90 Å². The molecule has 0 spiro atoms. The molecule has 0 heterocycles. The summed E-state index contributed by atoms with van der Waals surface area (Å²) < 4.78 is 42.1. The molecule has 22 heavy (non-hydrogen) atoms. The number of hydrogen-bond donors (Lipinski definition) is 2. The fourth-order valence-corrected chi connectivity index (χ4v) is 1.72. The van der Waals surface area contributed by atoms with Crippen molar-refractivity contribution < 1.29 is 27.8 Å². The summed E-state index contributed by atoms with van der Waals surface area (Å²) >= 11 is 0. The first-order valence-corrected chi connectivity index (χ1v) is 6.55. The highest BCUT2D eigenvalue weighted by atomic mass is 19.4. The molecule has 8 heteroatoms. The van der Waals surface area contributed by atoms with Gasteiger partial charge in [0.15, 0.2) is 6.10 Å². The van der Waals surface area contributed by atoms with E-state index >= 15 is 0 Å². The molecule has 2 N–H and O–H groups in total. The number of rotatable bonds is 6. The van der Waals surface area contributed by atoms with Crippen LogP contribution >= 0.6 is 0 Å². The lowest BCUT2D eigenvalue weighted by Crippen LogP contribution is -2.46. The first-order valence-electron chi connectivity index (χ1n) is 6.55. The van der Waals surface area contributed by atoms with Gasteiger partial charge >= 0.3 is 6.18 Å². The number of carbonyl (C=O) groups excluding carboxylic acids is 1. The van der Waals surface area contributed by atoms with Gasteiger partial charge in [-0.3, -0.25) is 9.69 Å². The maximum atomic E-state index is 12.3. The van der Waals surface area contributed by atoms with Gasteiger partial charge in [-0.15, -0.1) is 0 Å². The summed E-state index contributed by atoms with van der Waals surface area (Å²) in [6.45, 7) is 0.762. The molecule has 2 unspecified atom stereocenters. The van der Waals surface area contributed by atoms with E-state index in [9.17, 15) is 18.0 Å². The van der Waals surface area contributed by atoms with Crippen LogP contribution in [0.5, 0.6) is 5.75 Å². The van der Waals surface area contributed by atoms with Crippen molar-refractivity contribution in [1.82, 2.24) is 4.90 Å². The second-order valence-electron chi connectivity index (χ2n) is 4.86. The second kappa shape index (κ2) is 7.46. The molecule has 0 saturated carbocycles. The number of aliphatic hydroxyl groups is 1. The molecular weight excluding hydrogens is 301 g/mol. The Bertz CT molecular complexity index is 508. The molecule has 1 rings (SSSR count). The third-order valence-corrected chi connectivity index (χ3v) is 3.24. The molecule has 0 aromatic heterocycles. The molecule has 0 aliphatic carbocycles. The fraction of sp³-hybridized carbons (Fsp3) is 0.500. The Hall–Kier alpha value is -1.80. The first kappa shape index (κ1) is 18.2. The lowest BCUT2D eigenvalue weighted by atomic mass is 10.2. The largest absolute Gasteiger partial charge is 0.495 e. The molecule has 0 radical (unpaired) electrons. The molecule has 2 atom stereocenters. The van der Waals surface area contributed by atoms with Crippen LogP contribution in [0.4, 0.5) is 18.9 Å². The number of nitrogens with zero attached hydrogens (tertiary/aromatic N) is 1. The van der Waals surface area contributed by atoms with Gasteiger partial charge in [0.2, 0.25) is 5.91 Å². The van der Waals surface area contributed by atoms with Gasteiger partial charge < -0.3 is 15.2 Å². The third-order valence-electron chi connectivity index (χ3n) is 3.24. The number of aliphatic hydroxyl groups excluding tert-OH is 1. The predicted octanol–water partition coefficient (Wildman–Crippen LogP) is 1.88. The molecule has 124 valence electrons. The standard InChI is InChI=1S/C14H19F3N2O3/c1-9(19(2)8-12(20)14(15,16)17)13(21)18-10-6-4-5-7-11(10)22-3/h4-7,9,12,20H,8H2,1-3H3,(H,18,21). The van der Waals surface area contributed by atoms with Gasteiger partial charge in [0.25, 0.3) is 0 Å². The van der Waals surface area contributed by atoms with Crippen LogP contribution in [0.15, 0.2) is 24.3 Å². The summed E-state index contributed by atoms with van der Waals surface area (Å²) in [6, 6.07) is 5.83. The van der Waals surface area contributed by atoms with Crippen LogP contribution in [0.1, 0.15) is 6.92 Å². The molecule has 0 fully saturated rings. The monoisotopic (exact) mass is 320 g/mol. The van der Waals surface area contributed by atoms with E-state index in [1.54, 1.807) is 24.3 Å². The van der Waals surface area contributed by atoms with Gasteiger partial charge in [0.05, 0.1) is 18.8 Å². The highest BCUT2D eigenvalue weighted by Gasteiger charge is 2.39. The van der Waals surface area contributed by atoms with Crippen molar-refractivity contribution in [3.63, 3.8) is 0 Å². The molecular formula is C14H19F3N2O3. The van der Waals surface area contributed by atoms with Crippen molar-refractivity contribution in [2.45, 2.75) is 25.2 Å². The van der Waals surface area contributed by atoms with Crippen molar-refractivity contribution >= 4 is 11.6 Å². The summed E-state index contributed by atoms with van der Waals surface area (Å²) in [4.78, 5) is 13.2. The average Bonchev–Trinajstić information content (AvgIpc) is 2.45. The van der Waals surface area contributed by atoms with Crippen LogP contribution in [-0.4, -0.2) is 54.9 Å². The van der Waals surface area contributed by atoms with Crippen molar-refractivity contribution in [3.8, 4) is 5.75 Å². The summed E-state index contributed by atoms with van der Waals surface area (Å²) in [6.07, 6.45) is -7.22. The Kier molecular flexibility index (Phi) is 6.19. The molecule has 0 saturated heterocycles. The predicted molar refractivity (Wildman–Crippen MR) is 75.8 cm³/mol. The molecule has 1 aromatic carbocycles. The van der Waals surface area contributed by atoms with Gasteiger partial charge in [0.1, 0.15) is 5.75 Å². The van der Waals surface area contributed by atoms with E-state index in [2.05, 4.69) is 5.32 Å². The Morgan fingerprint density at radius 2 is 2.00 bits per heavy atom. The number of ether oxygens (including phenoxy) is 1. The Labute approximate surface area is 126 Å². The number of benzene rings is 1. The van der Waals surface area contributed by atoms with Crippen LogP contribution in [0.2, 0.25) is 0 Å². The molecule has 0 bridgehead atoms. The number of likely N-dealkylation sites (N-methyl/N-ethyl adjacent to an activating group) is 1. The maximum absolute atomic E-state index is 12.3. The molecule has 0 aliphatic rings. The van der Waals surface area contributed by atoms with E-state index in [0.29, 0.717) is 11.4 Å². The zero-order valence-corrected chi connectivity index (χ0v) is 12.5. The number of halogens is 3. The fourth-order valence-electron chi connectivity index (χ4n) is 1.72. The number of methoxy groups -OCH3 is 1. The van der Waals surface area contributed by atoms with Crippen LogP contribution < -0.4 is 10.1 Å². The van der Waals surface area contributed by atoms with E-state index < -0.39 is 30.8 Å². The van der Waals surface area contributed by atoms with Gasteiger partial charge in [-0.05, 0) is 26.1 Å². The number of para-hydroxylation sites is 2. The number of amides is 1. The Morgan fingerprint density at radius 1 is 1.41 bits per heavy atom. The summed E-state index contributed by atoms with van der Waals surface area (Å²) in [5.74, 6) is -0.0533. The van der Waals surface area contributed by atoms with Crippen molar-refractivity contribution in [3.05, 3.63) is 24.3 Å². The van der Waals surface area contributed by atoms with Crippen molar-refractivity contribution in [1.29, 1.82) is 0 Å². The number of nitrogens with one attached hydrogen (secondary N) is 1. The Morgan fingerprint density at radius 3 is 2.55 bits per heavy atom. The second-order valence-corrected chi connectivity index (χ2v) is 4.86. The smallest absolute Gasteiger partial charge is 0.415 e. The summed E-state index contributed by atoms with van der Waals surface area (Å²) in [7, 11) is 2.78. The van der Waals surface area contributed by atoms with Gasteiger partial charge in [-0.1, -0.05) is 12.1 Å². The van der Waals surface area contributed by atoms with Crippen LogP contribution in [0, 0.1) is 0 Å². The van der Waals surface area contributed by atoms with E-state index in [-0.39, 0.29) is 0 Å². The maximum Gasteiger partial charge on any atom is 0.415 e. The van der Waals surface area contributed by atoms with E-state index in [1.165, 1.54) is 21.1 Å². The normalized spacial score (nSPS) is 14.5. The Balaban J connectivity index is 2.68. The molecule has 0 aliphatic heterocycles. The quantitative estimate of drug-likeness (QED) is 0.840.